The molecule has 1 aromatic carbocycles. The molecule has 1 aliphatic rings. The van der Waals surface area contributed by atoms with Gasteiger partial charge in [0.2, 0.25) is 0 Å². The molecule has 116 valence electrons. The van der Waals surface area contributed by atoms with E-state index < -0.39 is 11.1 Å². The first kappa shape index (κ1) is 15.8. The van der Waals surface area contributed by atoms with Crippen LogP contribution in [-0.4, -0.2) is 28.2 Å². The van der Waals surface area contributed by atoms with Crippen LogP contribution in [0.4, 0.5) is 4.79 Å². The maximum atomic E-state index is 12.4. The van der Waals surface area contributed by atoms with Crippen molar-refractivity contribution in [3.8, 4) is 0 Å². The molecule has 4 heteroatoms. The summed E-state index contributed by atoms with van der Waals surface area (Å²) in [6, 6.07) is 5.99. The molecule has 1 N–H and O–H groups in total. The molecular weight excluding hydrogens is 266 g/mol. The lowest BCUT2D eigenvalue weighted by molar-refractivity contribution is -0.000335. The molecule has 21 heavy (non-hydrogen) atoms. The minimum Gasteiger partial charge on any atom is -0.444 e. The fourth-order valence-corrected chi connectivity index (χ4v) is 2.80. The standard InChI is InChI=1S/C17H25NO3/c1-16(2,3)21-15(20)18-9-8-13-7-6-12(11-19)10-14(13)17(18,4)5/h6-7,10,19H,8-9,11H2,1-5H3. The van der Waals surface area contributed by atoms with Crippen LogP contribution in [0.2, 0.25) is 0 Å². The number of fused-ring (bicyclic) bond motifs is 1. The summed E-state index contributed by atoms with van der Waals surface area (Å²) in [5.41, 5.74) is 2.25. The van der Waals surface area contributed by atoms with Gasteiger partial charge in [-0.05, 0) is 57.7 Å². The van der Waals surface area contributed by atoms with E-state index in [1.807, 2.05) is 46.8 Å². The van der Waals surface area contributed by atoms with Gasteiger partial charge in [-0.15, -0.1) is 0 Å². The highest BCUT2D eigenvalue weighted by molar-refractivity contribution is 5.70. The maximum absolute atomic E-state index is 12.4. The predicted octanol–water partition coefficient (Wildman–Crippen LogP) is 3.21. The largest absolute Gasteiger partial charge is 0.444 e. The Morgan fingerprint density at radius 3 is 2.62 bits per heavy atom. The van der Waals surface area contributed by atoms with Crippen molar-refractivity contribution in [2.24, 2.45) is 0 Å². The zero-order chi connectivity index (χ0) is 15.8. The van der Waals surface area contributed by atoms with Gasteiger partial charge < -0.3 is 9.84 Å². The maximum Gasteiger partial charge on any atom is 0.411 e. The number of aliphatic hydroxyl groups excluding tert-OH is 1. The van der Waals surface area contributed by atoms with Crippen LogP contribution in [0.1, 0.15) is 51.3 Å². The molecule has 0 unspecified atom stereocenters. The zero-order valence-electron chi connectivity index (χ0n) is 13.6. The van der Waals surface area contributed by atoms with E-state index in [9.17, 15) is 9.90 Å². The second-order valence-corrected chi connectivity index (χ2v) is 7.09. The van der Waals surface area contributed by atoms with Crippen LogP contribution in [0.3, 0.4) is 0 Å². The molecule has 1 aromatic rings. The number of rotatable bonds is 1. The van der Waals surface area contributed by atoms with E-state index >= 15 is 0 Å². The molecule has 1 aliphatic heterocycles. The van der Waals surface area contributed by atoms with Crippen molar-refractivity contribution in [1.82, 2.24) is 4.90 Å². The summed E-state index contributed by atoms with van der Waals surface area (Å²) < 4.78 is 5.52. The van der Waals surface area contributed by atoms with Gasteiger partial charge in [-0.25, -0.2) is 4.79 Å². The molecule has 0 saturated carbocycles. The monoisotopic (exact) mass is 291 g/mol. The summed E-state index contributed by atoms with van der Waals surface area (Å²) in [6.07, 6.45) is 0.525. The number of amides is 1. The van der Waals surface area contributed by atoms with Crippen molar-refractivity contribution in [2.45, 2.75) is 58.8 Å². The third kappa shape index (κ3) is 3.21. The number of aliphatic hydroxyl groups is 1. The van der Waals surface area contributed by atoms with Crippen LogP contribution in [0.15, 0.2) is 18.2 Å². The number of ether oxygens (including phenoxy) is 1. The first-order valence-corrected chi connectivity index (χ1v) is 7.39. The second-order valence-electron chi connectivity index (χ2n) is 7.09. The van der Waals surface area contributed by atoms with Crippen molar-refractivity contribution in [3.05, 3.63) is 34.9 Å². The van der Waals surface area contributed by atoms with Gasteiger partial charge in [0.05, 0.1) is 12.1 Å². The minimum atomic E-state index is -0.500. The molecule has 0 aliphatic carbocycles. The lowest BCUT2D eigenvalue weighted by Gasteiger charge is -2.44. The fourth-order valence-electron chi connectivity index (χ4n) is 2.80. The van der Waals surface area contributed by atoms with Crippen LogP contribution in [-0.2, 0) is 23.3 Å². The summed E-state index contributed by atoms with van der Waals surface area (Å²) in [7, 11) is 0. The first-order chi connectivity index (χ1) is 9.65. The Labute approximate surface area is 126 Å². The average molecular weight is 291 g/mol. The van der Waals surface area contributed by atoms with Crippen LogP contribution < -0.4 is 0 Å². The van der Waals surface area contributed by atoms with Crippen LogP contribution in [0, 0.1) is 0 Å². The highest BCUT2D eigenvalue weighted by atomic mass is 16.6. The van der Waals surface area contributed by atoms with Crippen molar-refractivity contribution in [3.63, 3.8) is 0 Å². The highest BCUT2D eigenvalue weighted by Gasteiger charge is 2.39. The van der Waals surface area contributed by atoms with Gasteiger partial charge in [-0.3, -0.25) is 4.90 Å². The molecular formula is C17H25NO3. The number of carbonyl (C=O) groups excluding carboxylic acids is 1. The summed E-state index contributed by atoms with van der Waals surface area (Å²) in [5, 5.41) is 9.33. The first-order valence-electron chi connectivity index (χ1n) is 7.39. The summed E-state index contributed by atoms with van der Waals surface area (Å²) >= 11 is 0. The average Bonchev–Trinajstić information content (AvgIpc) is 2.36. The molecule has 0 fully saturated rings. The molecule has 0 atom stereocenters. The van der Waals surface area contributed by atoms with E-state index in [0.29, 0.717) is 6.54 Å². The Kier molecular flexibility index (Phi) is 4.02. The van der Waals surface area contributed by atoms with Gasteiger partial charge in [0.1, 0.15) is 5.60 Å². The molecule has 2 rings (SSSR count). The van der Waals surface area contributed by atoms with E-state index in [0.717, 1.165) is 17.5 Å². The quantitative estimate of drug-likeness (QED) is 0.864. The van der Waals surface area contributed by atoms with Gasteiger partial charge in [0.15, 0.2) is 0 Å². The Hall–Kier alpha value is -1.55. The van der Waals surface area contributed by atoms with Crippen molar-refractivity contribution >= 4 is 6.09 Å². The molecule has 0 bridgehead atoms. The molecule has 0 radical (unpaired) electrons. The van der Waals surface area contributed by atoms with Gasteiger partial charge in [0, 0.05) is 6.54 Å². The van der Waals surface area contributed by atoms with Crippen LogP contribution >= 0.6 is 0 Å². The summed E-state index contributed by atoms with van der Waals surface area (Å²) in [5.74, 6) is 0. The third-order valence-corrected chi connectivity index (χ3v) is 3.91. The molecule has 1 heterocycles. The number of hydrogen-bond donors (Lipinski definition) is 1. The highest BCUT2D eigenvalue weighted by Crippen LogP contribution is 2.36. The minimum absolute atomic E-state index is 0.00972. The van der Waals surface area contributed by atoms with Gasteiger partial charge in [0.25, 0.3) is 0 Å². The predicted molar refractivity (Wildman–Crippen MR) is 82.0 cm³/mol. The molecule has 0 saturated heterocycles. The Balaban J connectivity index is 2.34. The van der Waals surface area contributed by atoms with Crippen LogP contribution in [0.25, 0.3) is 0 Å². The zero-order valence-corrected chi connectivity index (χ0v) is 13.6. The second kappa shape index (κ2) is 5.34. The number of hydrogen-bond acceptors (Lipinski definition) is 3. The van der Waals surface area contributed by atoms with E-state index in [2.05, 4.69) is 6.07 Å². The molecule has 0 aromatic heterocycles. The van der Waals surface area contributed by atoms with E-state index in [1.165, 1.54) is 5.56 Å². The smallest absolute Gasteiger partial charge is 0.411 e. The van der Waals surface area contributed by atoms with Crippen molar-refractivity contribution in [1.29, 1.82) is 0 Å². The van der Waals surface area contributed by atoms with Gasteiger partial charge in [-0.1, -0.05) is 18.2 Å². The third-order valence-electron chi connectivity index (χ3n) is 3.91. The normalized spacial score (nSPS) is 17.3. The van der Waals surface area contributed by atoms with E-state index in [-0.39, 0.29) is 12.7 Å². The van der Waals surface area contributed by atoms with Gasteiger partial charge in [-0.2, -0.15) is 0 Å². The SMILES string of the molecule is CC(C)(C)OC(=O)N1CCc2ccc(CO)cc2C1(C)C. The van der Waals surface area contributed by atoms with Crippen molar-refractivity contribution < 1.29 is 14.6 Å². The number of benzene rings is 1. The molecule has 0 spiro atoms. The van der Waals surface area contributed by atoms with E-state index in [1.54, 1.807) is 4.90 Å². The Morgan fingerprint density at radius 2 is 2.05 bits per heavy atom. The number of carbonyl (C=O) groups is 1. The lowest BCUT2D eigenvalue weighted by atomic mass is 9.82. The summed E-state index contributed by atoms with van der Waals surface area (Å²) in [4.78, 5) is 14.2. The van der Waals surface area contributed by atoms with Crippen molar-refractivity contribution in [2.75, 3.05) is 6.54 Å². The van der Waals surface area contributed by atoms with E-state index in [4.69, 9.17) is 4.74 Å². The Morgan fingerprint density at radius 1 is 1.38 bits per heavy atom. The van der Waals surface area contributed by atoms with Gasteiger partial charge >= 0.3 is 6.09 Å². The number of nitrogens with zero attached hydrogens (tertiary/aromatic N) is 1. The van der Waals surface area contributed by atoms with Crippen LogP contribution in [0.5, 0.6) is 0 Å². The molecule has 4 nitrogen and oxygen atoms in total. The Bertz CT molecular complexity index is 543. The summed E-state index contributed by atoms with van der Waals surface area (Å²) in [6.45, 7) is 10.3. The topological polar surface area (TPSA) is 49.8 Å². The molecule has 1 amide bonds. The fraction of sp³-hybridized carbons (Fsp3) is 0.588. The lowest BCUT2D eigenvalue weighted by Crippen LogP contribution is -2.51.